The number of aromatic nitrogens is 2. The molecule has 1 atom stereocenters. The SMILES string of the molecule is Nc1nnc(CNC(=O)[C@@H]2CC23CCCCC3)s1. The minimum Gasteiger partial charge on any atom is -0.374 e. The van der Waals surface area contributed by atoms with Crippen molar-refractivity contribution in [1.82, 2.24) is 15.5 Å². The number of nitrogens with two attached hydrogens (primary N) is 1. The first kappa shape index (κ1) is 11.9. The van der Waals surface area contributed by atoms with Crippen molar-refractivity contribution in [2.75, 3.05) is 5.73 Å². The lowest BCUT2D eigenvalue weighted by Gasteiger charge is -2.21. The van der Waals surface area contributed by atoms with E-state index in [2.05, 4.69) is 15.5 Å². The molecule has 0 unspecified atom stereocenters. The maximum absolute atomic E-state index is 12.1. The fraction of sp³-hybridized carbons (Fsp3) is 0.750. The van der Waals surface area contributed by atoms with Gasteiger partial charge in [-0.3, -0.25) is 4.79 Å². The molecule has 1 heterocycles. The minimum atomic E-state index is 0.186. The van der Waals surface area contributed by atoms with Gasteiger partial charge in [-0.05, 0) is 24.7 Å². The van der Waals surface area contributed by atoms with Gasteiger partial charge in [0.25, 0.3) is 0 Å². The summed E-state index contributed by atoms with van der Waals surface area (Å²) in [5.74, 6) is 0.425. The van der Waals surface area contributed by atoms with E-state index in [9.17, 15) is 4.79 Å². The first-order valence-electron chi connectivity index (χ1n) is 6.55. The second kappa shape index (κ2) is 4.50. The molecule has 1 aromatic rings. The number of nitrogens with zero attached hydrogens (tertiary/aromatic N) is 2. The van der Waals surface area contributed by atoms with Crippen LogP contribution in [-0.4, -0.2) is 16.1 Å². The lowest BCUT2D eigenvalue weighted by Crippen LogP contribution is -2.27. The molecule has 0 aromatic carbocycles. The van der Waals surface area contributed by atoms with Crippen LogP contribution in [0.25, 0.3) is 0 Å². The number of nitrogens with one attached hydrogen (secondary N) is 1. The van der Waals surface area contributed by atoms with Crippen molar-refractivity contribution in [2.24, 2.45) is 11.3 Å². The van der Waals surface area contributed by atoms with Gasteiger partial charge in [-0.2, -0.15) is 0 Å². The Balaban J connectivity index is 1.51. The largest absolute Gasteiger partial charge is 0.374 e. The lowest BCUT2D eigenvalue weighted by atomic mass is 9.84. The van der Waals surface area contributed by atoms with Gasteiger partial charge in [0.2, 0.25) is 11.0 Å². The zero-order valence-electron chi connectivity index (χ0n) is 10.3. The van der Waals surface area contributed by atoms with E-state index < -0.39 is 0 Å². The van der Waals surface area contributed by atoms with Gasteiger partial charge in [-0.1, -0.05) is 30.6 Å². The number of nitrogen functional groups attached to an aromatic ring is 1. The maximum atomic E-state index is 12.1. The van der Waals surface area contributed by atoms with Gasteiger partial charge in [0, 0.05) is 5.92 Å². The van der Waals surface area contributed by atoms with Gasteiger partial charge in [0.15, 0.2) is 0 Å². The van der Waals surface area contributed by atoms with Gasteiger partial charge < -0.3 is 11.1 Å². The van der Waals surface area contributed by atoms with Crippen LogP contribution in [0.1, 0.15) is 43.5 Å². The fourth-order valence-corrected chi connectivity index (χ4v) is 3.70. The summed E-state index contributed by atoms with van der Waals surface area (Å²) >= 11 is 1.33. The zero-order valence-corrected chi connectivity index (χ0v) is 11.1. The highest BCUT2D eigenvalue weighted by Gasteiger charge is 2.57. The van der Waals surface area contributed by atoms with Crippen molar-refractivity contribution in [1.29, 1.82) is 0 Å². The Hall–Kier alpha value is -1.17. The van der Waals surface area contributed by atoms with Crippen LogP contribution in [0.3, 0.4) is 0 Å². The van der Waals surface area contributed by atoms with Gasteiger partial charge in [-0.15, -0.1) is 10.2 Å². The highest BCUT2D eigenvalue weighted by Crippen LogP contribution is 2.61. The van der Waals surface area contributed by atoms with Gasteiger partial charge in [0.1, 0.15) is 5.01 Å². The summed E-state index contributed by atoms with van der Waals surface area (Å²) in [4.78, 5) is 12.1. The van der Waals surface area contributed by atoms with Crippen LogP contribution in [0.4, 0.5) is 5.13 Å². The number of amides is 1. The van der Waals surface area contributed by atoms with E-state index in [4.69, 9.17) is 5.73 Å². The van der Waals surface area contributed by atoms with E-state index in [1.807, 2.05) is 0 Å². The van der Waals surface area contributed by atoms with Gasteiger partial charge >= 0.3 is 0 Å². The van der Waals surface area contributed by atoms with Crippen molar-refractivity contribution in [2.45, 2.75) is 45.1 Å². The number of hydrogen-bond acceptors (Lipinski definition) is 5. The Morgan fingerprint density at radius 1 is 1.39 bits per heavy atom. The quantitative estimate of drug-likeness (QED) is 0.872. The molecule has 0 aliphatic heterocycles. The van der Waals surface area contributed by atoms with Crippen LogP contribution in [0.2, 0.25) is 0 Å². The third-order valence-electron chi connectivity index (χ3n) is 4.25. The second-order valence-corrected chi connectivity index (χ2v) is 6.53. The smallest absolute Gasteiger partial charge is 0.224 e. The first-order valence-corrected chi connectivity index (χ1v) is 7.37. The molecule has 1 aromatic heterocycles. The summed E-state index contributed by atoms with van der Waals surface area (Å²) in [6, 6.07) is 0. The lowest BCUT2D eigenvalue weighted by molar-refractivity contribution is -0.123. The molecule has 6 heteroatoms. The summed E-state index contributed by atoms with van der Waals surface area (Å²) < 4.78 is 0. The van der Waals surface area contributed by atoms with Crippen molar-refractivity contribution in [3.63, 3.8) is 0 Å². The summed E-state index contributed by atoms with van der Waals surface area (Å²) in [6.07, 6.45) is 7.46. The highest BCUT2D eigenvalue weighted by atomic mass is 32.1. The highest BCUT2D eigenvalue weighted by molar-refractivity contribution is 7.15. The normalized spacial score (nSPS) is 25.0. The molecular weight excluding hydrogens is 248 g/mol. The molecule has 2 aliphatic carbocycles. The van der Waals surface area contributed by atoms with Gasteiger partial charge in [0.05, 0.1) is 6.54 Å². The van der Waals surface area contributed by atoms with Crippen LogP contribution in [0.5, 0.6) is 0 Å². The molecule has 2 saturated carbocycles. The number of carbonyl (C=O) groups excluding carboxylic acids is 1. The molecule has 1 spiro atoms. The fourth-order valence-electron chi connectivity index (χ4n) is 3.15. The van der Waals surface area contributed by atoms with Crippen molar-refractivity contribution in [3.05, 3.63) is 5.01 Å². The van der Waals surface area contributed by atoms with Crippen molar-refractivity contribution in [3.8, 4) is 0 Å². The summed E-state index contributed by atoms with van der Waals surface area (Å²) in [5.41, 5.74) is 5.85. The van der Waals surface area contributed by atoms with Crippen molar-refractivity contribution >= 4 is 22.4 Å². The molecule has 98 valence electrons. The summed E-state index contributed by atoms with van der Waals surface area (Å²) in [5, 5.41) is 11.8. The van der Waals surface area contributed by atoms with Crippen LogP contribution in [-0.2, 0) is 11.3 Å². The molecule has 3 rings (SSSR count). The van der Waals surface area contributed by atoms with E-state index in [1.54, 1.807) is 0 Å². The average Bonchev–Trinajstić information content (AvgIpc) is 2.89. The van der Waals surface area contributed by atoms with Crippen LogP contribution < -0.4 is 11.1 Å². The number of anilines is 1. The molecule has 3 N–H and O–H groups in total. The van der Waals surface area contributed by atoms with Crippen LogP contribution >= 0.6 is 11.3 Å². The van der Waals surface area contributed by atoms with Gasteiger partial charge in [-0.25, -0.2) is 0 Å². The standard InChI is InChI=1S/C12H18N4OS/c13-11-16-15-9(18-11)7-14-10(17)8-6-12(8)4-2-1-3-5-12/h8H,1-7H2,(H2,13,16)(H,14,17)/t8-/m0/s1. The molecule has 18 heavy (non-hydrogen) atoms. The van der Waals surface area contributed by atoms with Crippen molar-refractivity contribution < 1.29 is 4.79 Å². The summed E-state index contributed by atoms with van der Waals surface area (Å²) in [6.45, 7) is 0.459. The Bertz CT molecular complexity index is 453. The first-order chi connectivity index (χ1) is 8.70. The molecule has 1 amide bonds. The number of rotatable bonds is 3. The Morgan fingerprint density at radius 3 is 2.83 bits per heavy atom. The Kier molecular flexibility index (Phi) is 2.97. The number of carbonyl (C=O) groups is 1. The molecule has 2 fully saturated rings. The minimum absolute atomic E-state index is 0.186. The predicted octanol–water partition coefficient (Wildman–Crippen LogP) is 1.71. The molecular formula is C12H18N4OS. The average molecular weight is 266 g/mol. The van der Waals surface area contributed by atoms with Crippen LogP contribution in [0, 0.1) is 11.3 Å². The Labute approximate surface area is 110 Å². The predicted molar refractivity (Wildman–Crippen MR) is 69.8 cm³/mol. The Morgan fingerprint density at radius 2 is 2.17 bits per heavy atom. The molecule has 0 radical (unpaired) electrons. The summed E-state index contributed by atoms with van der Waals surface area (Å²) in [7, 11) is 0. The van der Waals surface area contributed by atoms with E-state index in [0.29, 0.717) is 17.1 Å². The molecule has 2 aliphatic rings. The van der Waals surface area contributed by atoms with E-state index >= 15 is 0 Å². The second-order valence-electron chi connectivity index (χ2n) is 5.43. The van der Waals surface area contributed by atoms with E-state index in [1.165, 1.54) is 43.4 Å². The zero-order chi connectivity index (χ0) is 12.6. The third kappa shape index (κ3) is 2.21. The van der Waals surface area contributed by atoms with Crippen LogP contribution in [0.15, 0.2) is 0 Å². The monoisotopic (exact) mass is 266 g/mol. The molecule has 0 saturated heterocycles. The topological polar surface area (TPSA) is 80.9 Å². The van der Waals surface area contributed by atoms with E-state index in [-0.39, 0.29) is 11.8 Å². The molecule has 5 nitrogen and oxygen atoms in total. The van der Waals surface area contributed by atoms with E-state index in [0.717, 1.165) is 11.4 Å². The number of hydrogen-bond donors (Lipinski definition) is 2. The maximum Gasteiger partial charge on any atom is 0.224 e. The third-order valence-corrected chi connectivity index (χ3v) is 5.00. The molecule has 0 bridgehead atoms.